The maximum atomic E-state index is 10.6. The van der Waals surface area contributed by atoms with Crippen molar-refractivity contribution < 1.29 is 18.8 Å². The maximum Gasteiger partial charge on any atom is 0.371 e. The van der Waals surface area contributed by atoms with E-state index in [2.05, 4.69) is 20.0 Å². The molecule has 0 aromatic carbocycles. The van der Waals surface area contributed by atoms with E-state index >= 15 is 0 Å². The standard InChI is InChI=1S/C10H11N3O4/c1-6(11-4-9-12-5-16-13-9)7-2-3-8(17-7)10(14)15/h2-3,5-6,11H,4H2,1H3,(H,14,15). The molecule has 7 nitrogen and oxygen atoms in total. The Balaban J connectivity index is 1.94. The number of carbonyl (C=O) groups is 1. The van der Waals surface area contributed by atoms with Crippen molar-refractivity contribution in [3.63, 3.8) is 0 Å². The number of carboxylic acid groups (broad SMARTS) is 1. The van der Waals surface area contributed by atoms with Crippen molar-refractivity contribution in [3.05, 3.63) is 35.9 Å². The van der Waals surface area contributed by atoms with Crippen LogP contribution in [0, 0.1) is 0 Å². The Morgan fingerprint density at radius 2 is 2.41 bits per heavy atom. The van der Waals surface area contributed by atoms with Crippen LogP contribution in [0.2, 0.25) is 0 Å². The van der Waals surface area contributed by atoms with E-state index in [1.807, 2.05) is 6.92 Å². The molecule has 0 aliphatic carbocycles. The second kappa shape index (κ2) is 4.79. The number of hydrogen-bond acceptors (Lipinski definition) is 6. The van der Waals surface area contributed by atoms with E-state index in [0.29, 0.717) is 18.1 Å². The molecule has 0 bridgehead atoms. The Morgan fingerprint density at radius 1 is 1.59 bits per heavy atom. The highest BCUT2D eigenvalue weighted by molar-refractivity contribution is 5.84. The van der Waals surface area contributed by atoms with Crippen LogP contribution < -0.4 is 5.32 Å². The summed E-state index contributed by atoms with van der Waals surface area (Å²) in [5, 5.41) is 15.4. The predicted molar refractivity (Wildman–Crippen MR) is 55.2 cm³/mol. The number of hydrogen-bond donors (Lipinski definition) is 2. The summed E-state index contributed by atoms with van der Waals surface area (Å²) in [6.07, 6.45) is 1.25. The Hall–Kier alpha value is -2.15. The number of carboxylic acids is 1. The zero-order valence-corrected chi connectivity index (χ0v) is 9.08. The normalized spacial score (nSPS) is 12.5. The summed E-state index contributed by atoms with van der Waals surface area (Å²) in [4.78, 5) is 14.5. The molecule has 2 N–H and O–H groups in total. The van der Waals surface area contributed by atoms with Crippen molar-refractivity contribution >= 4 is 5.97 Å². The average Bonchev–Trinajstić information content (AvgIpc) is 2.96. The van der Waals surface area contributed by atoms with Gasteiger partial charge >= 0.3 is 5.97 Å². The molecule has 0 spiro atoms. The first-order valence-corrected chi connectivity index (χ1v) is 4.98. The lowest BCUT2D eigenvalue weighted by atomic mass is 10.2. The molecule has 0 radical (unpaired) electrons. The molecule has 0 saturated carbocycles. The van der Waals surface area contributed by atoms with E-state index in [-0.39, 0.29) is 11.8 Å². The molecule has 2 aromatic rings. The van der Waals surface area contributed by atoms with Crippen molar-refractivity contribution in [2.24, 2.45) is 0 Å². The number of aromatic nitrogens is 2. The minimum Gasteiger partial charge on any atom is -0.475 e. The Kier molecular flexibility index (Phi) is 3.20. The molecule has 0 aliphatic rings. The Bertz CT molecular complexity index is 491. The molecule has 2 heterocycles. The first-order valence-electron chi connectivity index (χ1n) is 4.98. The van der Waals surface area contributed by atoms with Gasteiger partial charge in [0, 0.05) is 0 Å². The van der Waals surface area contributed by atoms with Gasteiger partial charge in [0.05, 0.1) is 12.6 Å². The molecule has 1 unspecified atom stereocenters. The maximum absolute atomic E-state index is 10.6. The van der Waals surface area contributed by atoms with Gasteiger partial charge in [-0.25, -0.2) is 4.79 Å². The largest absolute Gasteiger partial charge is 0.475 e. The van der Waals surface area contributed by atoms with Crippen LogP contribution in [0.1, 0.15) is 35.1 Å². The number of aromatic carboxylic acids is 1. The molecule has 1 atom stereocenters. The van der Waals surface area contributed by atoms with Gasteiger partial charge in [-0.15, -0.1) is 0 Å². The van der Waals surface area contributed by atoms with Crippen LogP contribution in [0.3, 0.4) is 0 Å². The van der Waals surface area contributed by atoms with Crippen LogP contribution in [-0.4, -0.2) is 21.2 Å². The molecule has 0 amide bonds. The third-order valence-corrected chi connectivity index (χ3v) is 2.24. The van der Waals surface area contributed by atoms with E-state index in [0.717, 1.165) is 0 Å². The molecule has 0 fully saturated rings. The second-order valence-corrected chi connectivity index (χ2v) is 3.46. The summed E-state index contributed by atoms with van der Waals surface area (Å²) in [7, 11) is 0. The Labute approximate surface area is 96.4 Å². The van der Waals surface area contributed by atoms with Crippen LogP contribution >= 0.6 is 0 Å². The van der Waals surface area contributed by atoms with Crippen molar-refractivity contribution in [2.75, 3.05) is 0 Å². The number of furan rings is 1. The van der Waals surface area contributed by atoms with Gasteiger partial charge in [0.15, 0.2) is 5.82 Å². The molecule has 2 rings (SSSR count). The highest BCUT2D eigenvalue weighted by Crippen LogP contribution is 2.16. The van der Waals surface area contributed by atoms with E-state index in [4.69, 9.17) is 9.52 Å². The van der Waals surface area contributed by atoms with E-state index in [1.54, 1.807) is 6.07 Å². The van der Waals surface area contributed by atoms with Crippen LogP contribution in [0.4, 0.5) is 0 Å². The van der Waals surface area contributed by atoms with Gasteiger partial charge in [-0.05, 0) is 19.1 Å². The van der Waals surface area contributed by atoms with Gasteiger partial charge in [0.1, 0.15) is 5.76 Å². The lowest BCUT2D eigenvalue weighted by Gasteiger charge is -2.08. The molecule has 2 aromatic heterocycles. The summed E-state index contributed by atoms with van der Waals surface area (Å²) in [5.74, 6) is -0.0809. The molecule has 17 heavy (non-hydrogen) atoms. The number of nitrogens with zero attached hydrogens (tertiary/aromatic N) is 2. The molecule has 90 valence electrons. The van der Waals surface area contributed by atoms with Gasteiger partial charge in [-0.3, -0.25) is 0 Å². The zero-order valence-electron chi connectivity index (χ0n) is 9.08. The summed E-state index contributed by atoms with van der Waals surface area (Å²) in [6, 6.07) is 2.91. The first-order chi connectivity index (χ1) is 8.16. The summed E-state index contributed by atoms with van der Waals surface area (Å²) >= 11 is 0. The quantitative estimate of drug-likeness (QED) is 0.805. The molecular formula is C10H11N3O4. The topological polar surface area (TPSA) is 101 Å². The molecule has 0 aliphatic heterocycles. The van der Waals surface area contributed by atoms with Gasteiger partial charge in [-0.1, -0.05) is 5.16 Å². The highest BCUT2D eigenvalue weighted by Gasteiger charge is 2.14. The first kappa shape index (κ1) is 11.3. The zero-order chi connectivity index (χ0) is 12.3. The third-order valence-electron chi connectivity index (χ3n) is 2.24. The van der Waals surface area contributed by atoms with Crippen molar-refractivity contribution in [1.82, 2.24) is 15.5 Å². The van der Waals surface area contributed by atoms with Gasteiger partial charge in [0.25, 0.3) is 0 Å². The van der Waals surface area contributed by atoms with Gasteiger partial charge in [0.2, 0.25) is 12.2 Å². The van der Waals surface area contributed by atoms with E-state index < -0.39 is 5.97 Å². The molecular weight excluding hydrogens is 226 g/mol. The summed E-state index contributed by atoms with van der Waals surface area (Å²) < 4.78 is 9.74. The van der Waals surface area contributed by atoms with Crippen LogP contribution in [0.15, 0.2) is 27.5 Å². The Morgan fingerprint density at radius 3 is 3.00 bits per heavy atom. The summed E-state index contributed by atoms with van der Waals surface area (Å²) in [6.45, 7) is 2.27. The lowest BCUT2D eigenvalue weighted by Crippen LogP contribution is -2.18. The van der Waals surface area contributed by atoms with Crippen LogP contribution in [0.5, 0.6) is 0 Å². The monoisotopic (exact) mass is 237 g/mol. The van der Waals surface area contributed by atoms with Crippen molar-refractivity contribution in [1.29, 1.82) is 0 Å². The summed E-state index contributed by atoms with van der Waals surface area (Å²) in [5.41, 5.74) is 0. The highest BCUT2D eigenvalue weighted by atomic mass is 16.5. The SMILES string of the molecule is CC(NCc1ncon1)c1ccc(C(=O)O)o1. The predicted octanol–water partition coefficient (Wildman–Crippen LogP) is 1.21. The van der Waals surface area contributed by atoms with Gasteiger partial charge < -0.3 is 19.4 Å². The van der Waals surface area contributed by atoms with Gasteiger partial charge in [-0.2, -0.15) is 4.98 Å². The minimum absolute atomic E-state index is 0.0757. The second-order valence-electron chi connectivity index (χ2n) is 3.46. The third kappa shape index (κ3) is 2.70. The fourth-order valence-corrected chi connectivity index (χ4v) is 1.32. The van der Waals surface area contributed by atoms with Crippen molar-refractivity contribution in [2.45, 2.75) is 19.5 Å². The molecule has 0 saturated heterocycles. The average molecular weight is 237 g/mol. The number of nitrogens with one attached hydrogen (secondary N) is 1. The smallest absolute Gasteiger partial charge is 0.371 e. The van der Waals surface area contributed by atoms with E-state index in [1.165, 1.54) is 12.5 Å². The van der Waals surface area contributed by atoms with Crippen molar-refractivity contribution in [3.8, 4) is 0 Å². The fraction of sp³-hybridized carbons (Fsp3) is 0.300. The molecule has 7 heteroatoms. The van der Waals surface area contributed by atoms with Crippen LogP contribution in [-0.2, 0) is 6.54 Å². The lowest BCUT2D eigenvalue weighted by molar-refractivity contribution is 0.0659. The van der Waals surface area contributed by atoms with E-state index in [9.17, 15) is 4.79 Å². The number of rotatable bonds is 5. The fourth-order valence-electron chi connectivity index (χ4n) is 1.32. The minimum atomic E-state index is -1.08. The van der Waals surface area contributed by atoms with Crippen LogP contribution in [0.25, 0.3) is 0 Å².